The quantitative estimate of drug-likeness (QED) is 0.877. The van der Waals surface area contributed by atoms with Crippen LogP contribution in [0.3, 0.4) is 0 Å². The Morgan fingerprint density at radius 2 is 2.12 bits per heavy atom. The van der Waals surface area contributed by atoms with E-state index in [1.807, 2.05) is 18.2 Å². The van der Waals surface area contributed by atoms with E-state index in [2.05, 4.69) is 5.32 Å². The van der Waals surface area contributed by atoms with Crippen LogP contribution in [0.5, 0.6) is 5.75 Å². The molecule has 0 amide bonds. The minimum Gasteiger partial charge on any atom is -0.495 e. The molecule has 0 bridgehead atoms. The molecular weight excluding hydrogens is 238 g/mol. The first-order chi connectivity index (χ1) is 8.22. The molecule has 0 atom stereocenters. The fraction of sp³-hybridized carbons (Fsp3) is 0.538. The lowest BCUT2D eigenvalue weighted by molar-refractivity contribution is 0.0170. The highest BCUT2D eigenvalue weighted by molar-refractivity contribution is 6.32. The van der Waals surface area contributed by atoms with Crippen LogP contribution in [0.15, 0.2) is 18.2 Å². The Hall–Kier alpha value is -0.770. The van der Waals surface area contributed by atoms with Crippen LogP contribution in [-0.4, -0.2) is 26.4 Å². The molecule has 1 aliphatic rings. The van der Waals surface area contributed by atoms with Gasteiger partial charge >= 0.3 is 0 Å². The van der Waals surface area contributed by atoms with Crippen LogP contribution in [0.4, 0.5) is 0 Å². The fourth-order valence-corrected chi connectivity index (χ4v) is 2.29. The zero-order valence-corrected chi connectivity index (χ0v) is 11.0. The lowest BCUT2D eigenvalue weighted by atomic mass is 9.89. The van der Waals surface area contributed by atoms with Crippen molar-refractivity contribution in [2.24, 2.45) is 0 Å². The van der Waals surface area contributed by atoms with E-state index in [-0.39, 0.29) is 0 Å². The van der Waals surface area contributed by atoms with E-state index in [0.29, 0.717) is 17.2 Å². The Morgan fingerprint density at radius 3 is 2.71 bits per heavy atom. The third kappa shape index (κ3) is 3.12. The predicted octanol–water partition coefficient (Wildman–Crippen LogP) is 2.62. The van der Waals surface area contributed by atoms with E-state index in [1.165, 1.54) is 5.56 Å². The first kappa shape index (κ1) is 12.7. The van der Waals surface area contributed by atoms with Gasteiger partial charge < -0.3 is 14.8 Å². The molecule has 1 aromatic rings. The van der Waals surface area contributed by atoms with Gasteiger partial charge in [0.15, 0.2) is 0 Å². The minimum absolute atomic E-state index is 0.437. The van der Waals surface area contributed by atoms with Crippen molar-refractivity contribution in [2.75, 3.05) is 14.2 Å². The van der Waals surface area contributed by atoms with Gasteiger partial charge in [-0.05, 0) is 30.5 Å². The summed E-state index contributed by atoms with van der Waals surface area (Å²) in [5.74, 6) is 0.721. The molecule has 1 aromatic carbocycles. The Kier molecular flexibility index (Phi) is 4.26. The molecule has 0 heterocycles. The van der Waals surface area contributed by atoms with Gasteiger partial charge in [-0.25, -0.2) is 0 Å². The number of halogens is 1. The van der Waals surface area contributed by atoms with Crippen LogP contribution in [0.25, 0.3) is 0 Å². The van der Waals surface area contributed by atoms with Gasteiger partial charge in [0.05, 0.1) is 18.2 Å². The summed E-state index contributed by atoms with van der Waals surface area (Å²) in [6.07, 6.45) is 2.63. The molecular formula is C13H18ClNO2. The molecule has 94 valence electrons. The molecule has 1 fully saturated rings. The van der Waals surface area contributed by atoms with Crippen LogP contribution in [0, 0.1) is 0 Å². The predicted molar refractivity (Wildman–Crippen MR) is 68.7 cm³/mol. The average molecular weight is 256 g/mol. The normalized spacial score (nSPS) is 23.2. The van der Waals surface area contributed by atoms with Gasteiger partial charge in [0.1, 0.15) is 5.75 Å². The number of hydrogen-bond donors (Lipinski definition) is 1. The molecule has 17 heavy (non-hydrogen) atoms. The van der Waals surface area contributed by atoms with Crippen molar-refractivity contribution in [2.45, 2.75) is 31.5 Å². The van der Waals surface area contributed by atoms with Gasteiger partial charge in [0, 0.05) is 19.7 Å². The maximum absolute atomic E-state index is 6.07. The van der Waals surface area contributed by atoms with E-state index in [1.54, 1.807) is 14.2 Å². The molecule has 0 unspecified atom stereocenters. The van der Waals surface area contributed by atoms with Crippen LogP contribution < -0.4 is 10.1 Å². The van der Waals surface area contributed by atoms with E-state index >= 15 is 0 Å². The molecule has 0 aromatic heterocycles. The average Bonchev–Trinajstić information content (AvgIpc) is 2.27. The third-order valence-corrected chi connectivity index (χ3v) is 3.53. The zero-order chi connectivity index (χ0) is 12.3. The summed E-state index contributed by atoms with van der Waals surface area (Å²) in [7, 11) is 3.39. The van der Waals surface area contributed by atoms with E-state index in [0.717, 1.165) is 25.1 Å². The summed E-state index contributed by atoms with van der Waals surface area (Å²) in [5, 5.41) is 4.15. The second kappa shape index (κ2) is 5.71. The first-order valence-corrected chi connectivity index (χ1v) is 6.19. The van der Waals surface area contributed by atoms with Crippen LogP contribution in [-0.2, 0) is 11.3 Å². The van der Waals surface area contributed by atoms with Crippen LogP contribution in [0.2, 0.25) is 5.02 Å². The lowest BCUT2D eigenvalue weighted by Gasteiger charge is -2.34. The molecule has 1 aliphatic carbocycles. The largest absolute Gasteiger partial charge is 0.495 e. The van der Waals surface area contributed by atoms with Crippen molar-refractivity contribution in [1.82, 2.24) is 5.32 Å². The molecule has 1 N–H and O–H groups in total. The summed E-state index contributed by atoms with van der Waals surface area (Å²) < 4.78 is 10.4. The summed E-state index contributed by atoms with van der Waals surface area (Å²) >= 11 is 6.07. The molecule has 0 aliphatic heterocycles. The second-order valence-corrected chi connectivity index (χ2v) is 4.78. The van der Waals surface area contributed by atoms with E-state index < -0.39 is 0 Å². The van der Waals surface area contributed by atoms with Crippen LogP contribution >= 0.6 is 11.6 Å². The maximum atomic E-state index is 6.07. The number of nitrogens with one attached hydrogen (secondary N) is 1. The molecule has 0 spiro atoms. The maximum Gasteiger partial charge on any atom is 0.137 e. The summed E-state index contributed by atoms with van der Waals surface area (Å²) in [4.78, 5) is 0. The van der Waals surface area contributed by atoms with Gasteiger partial charge in [-0.1, -0.05) is 17.7 Å². The summed E-state index contributed by atoms with van der Waals surface area (Å²) in [6.45, 7) is 0.838. The SMILES string of the molecule is COc1ccc(CNC2CC(OC)C2)cc1Cl. The van der Waals surface area contributed by atoms with Gasteiger partial charge in [0.25, 0.3) is 0 Å². The number of methoxy groups -OCH3 is 2. The van der Waals surface area contributed by atoms with E-state index in [9.17, 15) is 0 Å². The molecule has 0 radical (unpaired) electrons. The Labute approximate surface area is 107 Å². The Morgan fingerprint density at radius 1 is 1.35 bits per heavy atom. The summed E-state index contributed by atoms with van der Waals surface area (Å²) in [5.41, 5.74) is 1.18. The zero-order valence-electron chi connectivity index (χ0n) is 10.2. The minimum atomic E-state index is 0.437. The first-order valence-electron chi connectivity index (χ1n) is 5.81. The number of ether oxygens (including phenoxy) is 2. The van der Waals surface area contributed by atoms with Crippen molar-refractivity contribution >= 4 is 11.6 Å². The highest BCUT2D eigenvalue weighted by Crippen LogP contribution is 2.26. The number of benzene rings is 1. The molecule has 2 rings (SSSR count). The van der Waals surface area contributed by atoms with Crippen molar-refractivity contribution in [3.8, 4) is 5.75 Å². The number of rotatable bonds is 5. The van der Waals surface area contributed by atoms with Crippen LogP contribution in [0.1, 0.15) is 18.4 Å². The summed E-state index contributed by atoms with van der Waals surface area (Å²) in [6, 6.07) is 6.45. The van der Waals surface area contributed by atoms with Gasteiger partial charge in [-0.15, -0.1) is 0 Å². The molecule has 0 saturated heterocycles. The van der Waals surface area contributed by atoms with Crippen molar-refractivity contribution in [3.63, 3.8) is 0 Å². The Bertz CT molecular complexity index is 378. The molecule has 3 nitrogen and oxygen atoms in total. The fourth-order valence-electron chi connectivity index (χ4n) is 2.01. The Balaban J connectivity index is 1.81. The smallest absolute Gasteiger partial charge is 0.137 e. The second-order valence-electron chi connectivity index (χ2n) is 4.38. The van der Waals surface area contributed by atoms with Gasteiger partial charge in [-0.2, -0.15) is 0 Å². The topological polar surface area (TPSA) is 30.5 Å². The molecule has 4 heteroatoms. The van der Waals surface area contributed by atoms with E-state index in [4.69, 9.17) is 21.1 Å². The highest BCUT2D eigenvalue weighted by atomic mass is 35.5. The number of hydrogen-bond acceptors (Lipinski definition) is 3. The van der Waals surface area contributed by atoms with Gasteiger partial charge in [0.2, 0.25) is 0 Å². The molecule has 1 saturated carbocycles. The standard InChI is InChI=1S/C13H18ClNO2/c1-16-11-6-10(7-11)15-8-9-3-4-13(17-2)12(14)5-9/h3-5,10-11,15H,6-8H2,1-2H3. The van der Waals surface area contributed by atoms with Gasteiger partial charge in [-0.3, -0.25) is 0 Å². The monoisotopic (exact) mass is 255 g/mol. The third-order valence-electron chi connectivity index (χ3n) is 3.24. The van der Waals surface area contributed by atoms with Crippen molar-refractivity contribution in [1.29, 1.82) is 0 Å². The lowest BCUT2D eigenvalue weighted by Crippen LogP contribution is -2.44. The van der Waals surface area contributed by atoms with Crippen molar-refractivity contribution < 1.29 is 9.47 Å². The van der Waals surface area contributed by atoms with Crippen molar-refractivity contribution in [3.05, 3.63) is 28.8 Å². The highest BCUT2D eigenvalue weighted by Gasteiger charge is 2.28.